The van der Waals surface area contributed by atoms with Crippen LogP contribution in [0.15, 0.2) is 16.9 Å². The van der Waals surface area contributed by atoms with Crippen LogP contribution in [0.3, 0.4) is 0 Å². The Morgan fingerprint density at radius 3 is 2.64 bits per heavy atom. The summed E-state index contributed by atoms with van der Waals surface area (Å²) in [5.74, 6) is 0.222. The van der Waals surface area contributed by atoms with Crippen molar-refractivity contribution in [2.45, 2.75) is 32.7 Å². The maximum Gasteiger partial charge on any atom is 0.268 e. The summed E-state index contributed by atoms with van der Waals surface area (Å²) >= 11 is 0. The summed E-state index contributed by atoms with van der Waals surface area (Å²) in [5, 5.41) is 12.2. The van der Waals surface area contributed by atoms with E-state index in [1.54, 1.807) is 16.7 Å². The lowest BCUT2D eigenvalue weighted by molar-refractivity contribution is -0.132. The lowest BCUT2D eigenvalue weighted by Gasteiger charge is -2.27. The molecule has 6 nitrogen and oxygen atoms in total. The molecule has 2 heterocycles. The summed E-state index contributed by atoms with van der Waals surface area (Å²) in [6, 6.07) is 5.28. The van der Waals surface area contributed by atoms with Gasteiger partial charge in [0.05, 0.1) is 0 Å². The standard InChI is InChI=1S/C16H22N4O2/c1-12(2)14-4-3-13(11-17)16(22)20(14)8-5-15(21)19-9-6-18-7-10-19/h3-4,12,18H,5-10H2,1-2H3. The number of pyridine rings is 1. The van der Waals surface area contributed by atoms with E-state index in [0.29, 0.717) is 19.6 Å². The zero-order valence-corrected chi connectivity index (χ0v) is 13.1. The number of amides is 1. The second-order valence-corrected chi connectivity index (χ2v) is 5.78. The van der Waals surface area contributed by atoms with Crippen molar-refractivity contribution in [2.75, 3.05) is 26.2 Å². The Bertz CT molecular complexity index is 637. The van der Waals surface area contributed by atoms with Gasteiger partial charge in [0.25, 0.3) is 5.56 Å². The first-order valence-electron chi connectivity index (χ1n) is 7.67. The highest BCUT2D eigenvalue weighted by atomic mass is 16.2. The topological polar surface area (TPSA) is 78.1 Å². The molecule has 1 N–H and O–H groups in total. The fourth-order valence-corrected chi connectivity index (χ4v) is 2.69. The summed E-state index contributed by atoms with van der Waals surface area (Å²) in [5.41, 5.74) is 0.679. The van der Waals surface area contributed by atoms with E-state index in [-0.39, 0.29) is 29.4 Å². The molecule has 22 heavy (non-hydrogen) atoms. The van der Waals surface area contributed by atoms with Gasteiger partial charge in [-0.1, -0.05) is 13.8 Å². The molecule has 1 saturated heterocycles. The number of nitrogens with zero attached hydrogens (tertiary/aromatic N) is 3. The lowest BCUT2D eigenvalue weighted by atomic mass is 10.1. The predicted octanol–water partition coefficient (Wildman–Crippen LogP) is 0.665. The summed E-state index contributed by atoms with van der Waals surface area (Å²) in [6.45, 7) is 7.36. The van der Waals surface area contributed by atoms with Gasteiger partial charge in [-0.3, -0.25) is 9.59 Å². The lowest BCUT2D eigenvalue weighted by Crippen LogP contribution is -2.46. The van der Waals surface area contributed by atoms with Gasteiger partial charge in [0.1, 0.15) is 11.6 Å². The molecule has 0 bridgehead atoms. The molecule has 118 valence electrons. The van der Waals surface area contributed by atoms with Gasteiger partial charge in [0.2, 0.25) is 5.91 Å². The van der Waals surface area contributed by atoms with E-state index in [9.17, 15) is 9.59 Å². The summed E-state index contributed by atoms with van der Waals surface area (Å²) in [6.07, 6.45) is 0.286. The molecule has 0 atom stereocenters. The number of nitriles is 1. The zero-order valence-electron chi connectivity index (χ0n) is 13.1. The van der Waals surface area contributed by atoms with Gasteiger partial charge in [-0.2, -0.15) is 5.26 Å². The highest BCUT2D eigenvalue weighted by Gasteiger charge is 2.17. The van der Waals surface area contributed by atoms with Crippen molar-refractivity contribution in [3.8, 4) is 6.07 Å². The smallest absolute Gasteiger partial charge is 0.268 e. The van der Waals surface area contributed by atoms with Gasteiger partial charge in [-0.25, -0.2) is 0 Å². The van der Waals surface area contributed by atoms with Crippen LogP contribution in [0.4, 0.5) is 0 Å². The van der Waals surface area contributed by atoms with Crippen molar-refractivity contribution >= 4 is 5.91 Å². The summed E-state index contributed by atoms with van der Waals surface area (Å²) in [7, 11) is 0. The van der Waals surface area contributed by atoms with Gasteiger partial charge >= 0.3 is 0 Å². The Balaban J connectivity index is 2.16. The number of hydrogen-bond donors (Lipinski definition) is 1. The van der Waals surface area contributed by atoms with Crippen molar-refractivity contribution in [2.24, 2.45) is 0 Å². The monoisotopic (exact) mass is 302 g/mol. The molecule has 0 unspecified atom stereocenters. The first kappa shape index (κ1) is 16.2. The van der Waals surface area contributed by atoms with E-state index in [4.69, 9.17) is 5.26 Å². The molecule has 6 heteroatoms. The molecule has 0 aliphatic carbocycles. The van der Waals surface area contributed by atoms with Crippen LogP contribution in [-0.2, 0) is 11.3 Å². The maximum atomic E-state index is 12.3. The van der Waals surface area contributed by atoms with Crippen LogP contribution in [0.1, 0.15) is 37.4 Å². The minimum absolute atomic E-state index is 0.0606. The molecule has 2 rings (SSSR count). The molecule has 0 saturated carbocycles. The van der Waals surface area contributed by atoms with Crippen molar-refractivity contribution in [3.63, 3.8) is 0 Å². The van der Waals surface area contributed by atoms with E-state index in [1.807, 2.05) is 24.8 Å². The number of carbonyl (C=O) groups is 1. The molecule has 1 aromatic rings. The highest BCUT2D eigenvalue weighted by molar-refractivity contribution is 5.76. The third-order valence-electron chi connectivity index (χ3n) is 3.94. The predicted molar refractivity (Wildman–Crippen MR) is 83.6 cm³/mol. The second-order valence-electron chi connectivity index (χ2n) is 5.78. The molecule has 1 aliphatic heterocycles. The van der Waals surface area contributed by atoms with Crippen LogP contribution in [-0.4, -0.2) is 41.6 Å². The minimum Gasteiger partial charge on any atom is -0.340 e. The first-order valence-corrected chi connectivity index (χ1v) is 7.67. The van der Waals surface area contributed by atoms with Crippen LogP contribution in [0.25, 0.3) is 0 Å². The van der Waals surface area contributed by atoms with Gasteiger partial charge < -0.3 is 14.8 Å². The zero-order chi connectivity index (χ0) is 16.1. The summed E-state index contributed by atoms with van der Waals surface area (Å²) < 4.78 is 1.57. The van der Waals surface area contributed by atoms with E-state index < -0.39 is 0 Å². The van der Waals surface area contributed by atoms with E-state index in [2.05, 4.69) is 5.32 Å². The van der Waals surface area contributed by atoms with Crippen LogP contribution in [0, 0.1) is 11.3 Å². The van der Waals surface area contributed by atoms with E-state index >= 15 is 0 Å². The fraction of sp³-hybridized carbons (Fsp3) is 0.562. The normalized spacial score (nSPS) is 14.9. The van der Waals surface area contributed by atoms with Crippen molar-refractivity contribution < 1.29 is 4.79 Å². The third kappa shape index (κ3) is 3.55. The van der Waals surface area contributed by atoms with Gasteiger partial charge in [0, 0.05) is 44.8 Å². The van der Waals surface area contributed by atoms with E-state index in [0.717, 1.165) is 18.8 Å². The number of carbonyl (C=O) groups excluding carboxylic acids is 1. The molecule has 1 amide bonds. The first-order chi connectivity index (χ1) is 10.5. The number of rotatable bonds is 4. The number of aromatic nitrogens is 1. The Hall–Kier alpha value is -2.13. The average Bonchev–Trinajstić information content (AvgIpc) is 2.53. The molecular formula is C16H22N4O2. The van der Waals surface area contributed by atoms with Crippen molar-refractivity contribution in [1.29, 1.82) is 5.26 Å². The molecule has 1 aromatic heterocycles. The van der Waals surface area contributed by atoms with E-state index in [1.165, 1.54) is 0 Å². The molecule has 1 aliphatic rings. The third-order valence-corrected chi connectivity index (χ3v) is 3.94. The Kier molecular flexibility index (Phi) is 5.34. The fourth-order valence-electron chi connectivity index (χ4n) is 2.69. The van der Waals surface area contributed by atoms with Crippen LogP contribution in [0.5, 0.6) is 0 Å². The highest BCUT2D eigenvalue weighted by Crippen LogP contribution is 2.13. The maximum absolute atomic E-state index is 12.3. The minimum atomic E-state index is -0.304. The molecule has 0 aromatic carbocycles. The molecule has 1 fully saturated rings. The van der Waals surface area contributed by atoms with Gasteiger partial charge in [0.15, 0.2) is 0 Å². The molecule has 0 radical (unpaired) electrons. The Morgan fingerprint density at radius 1 is 1.36 bits per heavy atom. The largest absolute Gasteiger partial charge is 0.340 e. The van der Waals surface area contributed by atoms with Gasteiger partial charge in [-0.05, 0) is 18.1 Å². The van der Waals surface area contributed by atoms with Crippen molar-refractivity contribution in [1.82, 2.24) is 14.8 Å². The number of hydrogen-bond acceptors (Lipinski definition) is 4. The van der Waals surface area contributed by atoms with Gasteiger partial charge in [-0.15, -0.1) is 0 Å². The average molecular weight is 302 g/mol. The summed E-state index contributed by atoms with van der Waals surface area (Å²) in [4.78, 5) is 26.4. The second kappa shape index (κ2) is 7.23. The Morgan fingerprint density at radius 2 is 2.05 bits per heavy atom. The SMILES string of the molecule is CC(C)c1ccc(C#N)c(=O)n1CCC(=O)N1CCNCC1. The van der Waals surface area contributed by atoms with Crippen LogP contribution in [0.2, 0.25) is 0 Å². The van der Waals surface area contributed by atoms with Crippen LogP contribution < -0.4 is 10.9 Å². The molecular weight excluding hydrogens is 280 g/mol. The van der Waals surface area contributed by atoms with Crippen molar-refractivity contribution in [3.05, 3.63) is 33.7 Å². The quantitative estimate of drug-likeness (QED) is 0.886. The Labute approximate surface area is 130 Å². The number of nitrogens with one attached hydrogen (secondary N) is 1. The molecule has 0 spiro atoms. The van der Waals surface area contributed by atoms with Crippen LogP contribution >= 0.6 is 0 Å². The number of piperazine rings is 1.